The van der Waals surface area contributed by atoms with Crippen molar-refractivity contribution in [2.75, 3.05) is 0 Å². The number of para-hydroxylation sites is 1. The molecule has 0 radical (unpaired) electrons. The van der Waals surface area contributed by atoms with Crippen molar-refractivity contribution >= 4 is 21.9 Å². The van der Waals surface area contributed by atoms with Gasteiger partial charge in [-0.25, -0.2) is 15.0 Å². The van der Waals surface area contributed by atoms with Gasteiger partial charge in [0.2, 0.25) is 0 Å². The van der Waals surface area contributed by atoms with E-state index in [0.29, 0.717) is 17.5 Å². The molecule has 0 spiro atoms. The van der Waals surface area contributed by atoms with Crippen molar-refractivity contribution in [1.29, 1.82) is 0 Å². The molecule has 2 aliphatic rings. The number of hydrogen-bond donors (Lipinski definition) is 0. The summed E-state index contributed by atoms with van der Waals surface area (Å²) in [6.45, 7) is 9.21. The third-order valence-corrected chi connectivity index (χ3v) is 10.9. The molecule has 0 atom stereocenters. The maximum Gasteiger partial charge on any atom is 0.164 e. The number of rotatable bonds is 3. The molecular weight excluding hydrogens is 599 g/mol. The Balaban J connectivity index is 1.13. The summed E-state index contributed by atoms with van der Waals surface area (Å²) in [5.41, 5.74) is 14.6. The van der Waals surface area contributed by atoms with Crippen LogP contribution in [0.4, 0.5) is 0 Å². The highest BCUT2D eigenvalue weighted by atomic mass is 16.3. The Morgan fingerprint density at radius 1 is 0.429 bits per heavy atom. The van der Waals surface area contributed by atoms with E-state index in [-0.39, 0.29) is 10.8 Å². The van der Waals surface area contributed by atoms with Crippen molar-refractivity contribution in [2.24, 2.45) is 0 Å². The Bertz CT molecular complexity index is 2660. The van der Waals surface area contributed by atoms with Gasteiger partial charge in [0.1, 0.15) is 11.2 Å². The zero-order valence-electron chi connectivity index (χ0n) is 27.9. The van der Waals surface area contributed by atoms with Crippen LogP contribution in [0.2, 0.25) is 0 Å². The van der Waals surface area contributed by atoms with Gasteiger partial charge in [-0.05, 0) is 63.2 Å². The van der Waals surface area contributed by atoms with E-state index in [0.717, 1.165) is 38.6 Å². The Hall–Kier alpha value is -5.87. The van der Waals surface area contributed by atoms with Crippen LogP contribution >= 0.6 is 0 Å². The third kappa shape index (κ3) is 3.95. The lowest BCUT2D eigenvalue weighted by Gasteiger charge is -2.22. The quantitative estimate of drug-likeness (QED) is 0.195. The fraction of sp³-hybridized carbons (Fsp3) is 0.133. The van der Waals surface area contributed by atoms with Gasteiger partial charge in [-0.15, -0.1) is 0 Å². The van der Waals surface area contributed by atoms with Gasteiger partial charge in [0.05, 0.1) is 0 Å². The van der Waals surface area contributed by atoms with Crippen LogP contribution in [0.3, 0.4) is 0 Å². The average Bonchev–Trinajstić information content (AvgIpc) is 3.71. The third-order valence-electron chi connectivity index (χ3n) is 10.9. The number of furan rings is 1. The fourth-order valence-electron chi connectivity index (χ4n) is 8.40. The van der Waals surface area contributed by atoms with E-state index in [2.05, 4.69) is 131 Å². The first kappa shape index (κ1) is 28.2. The van der Waals surface area contributed by atoms with Crippen LogP contribution in [-0.2, 0) is 10.8 Å². The van der Waals surface area contributed by atoms with Crippen LogP contribution in [-0.4, -0.2) is 15.0 Å². The summed E-state index contributed by atoms with van der Waals surface area (Å²) < 4.78 is 6.54. The Morgan fingerprint density at radius 3 is 1.71 bits per heavy atom. The molecular formula is C45H33N3O. The van der Waals surface area contributed by atoms with E-state index < -0.39 is 0 Å². The lowest BCUT2D eigenvalue weighted by atomic mass is 9.81. The summed E-state index contributed by atoms with van der Waals surface area (Å²) in [6.07, 6.45) is 0. The summed E-state index contributed by atoms with van der Waals surface area (Å²) in [6, 6.07) is 45.0. The molecule has 49 heavy (non-hydrogen) atoms. The van der Waals surface area contributed by atoms with Crippen LogP contribution in [0.25, 0.3) is 78.4 Å². The predicted molar refractivity (Wildman–Crippen MR) is 199 cm³/mol. The first-order valence-electron chi connectivity index (χ1n) is 17.0. The van der Waals surface area contributed by atoms with Gasteiger partial charge >= 0.3 is 0 Å². The Labute approximate surface area is 285 Å². The van der Waals surface area contributed by atoms with E-state index in [1.54, 1.807) is 0 Å². The summed E-state index contributed by atoms with van der Waals surface area (Å²) in [4.78, 5) is 15.4. The van der Waals surface area contributed by atoms with Gasteiger partial charge in [-0.2, -0.15) is 0 Å². The van der Waals surface area contributed by atoms with E-state index in [1.807, 2.05) is 24.3 Å². The summed E-state index contributed by atoms with van der Waals surface area (Å²) >= 11 is 0. The van der Waals surface area contributed by atoms with Crippen molar-refractivity contribution in [3.8, 4) is 56.4 Å². The van der Waals surface area contributed by atoms with Gasteiger partial charge in [0.15, 0.2) is 17.5 Å². The zero-order valence-corrected chi connectivity index (χ0v) is 27.9. The first-order chi connectivity index (χ1) is 23.8. The smallest absolute Gasteiger partial charge is 0.164 e. The van der Waals surface area contributed by atoms with Crippen molar-refractivity contribution in [1.82, 2.24) is 15.0 Å². The lowest BCUT2D eigenvalue weighted by molar-refractivity contribution is 0.620. The highest BCUT2D eigenvalue weighted by Crippen LogP contribution is 2.53. The van der Waals surface area contributed by atoms with Crippen molar-refractivity contribution in [3.63, 3.8) is 0 Å². The van der Waals surface area contributed by atoms with Crippen molar-refractivity contribution in [3.05, 3.63) is 150 Å². The van der Waals surface area contributed by atoms with Crippen LogP contribution in [0, 0.1) is 0 Å². The molecule has 2 aliphatic carbocycles. The molecule has 10 rings (SSSR count). The molecule has 2 heterocycles. The summed E-state index contributed by atoms with van der Waals surface area (Å²) in [5, 5.41) is 2.31. The minimum absolute atomic E-state index is 0.119. The second-order valence-electron chi connectivity index (χ2n) is 14.5. The van der Waals surface area contributed by atoms with Crippen molar-refractivity contribution < 1.29 is 4.42 Å². The minimum Gasteiger partial charge on any atom is -0.456 e. The Kier molecular flexibility index (Phi) is 5.65. The zero-order chi connectivity index (χ0) is 33.1. The standard InChI is InChI=1S/C45H33N3O/c1-44(2)35-16-10-8-14-29(35)30-20-18-27(24-36(30)44)42-46-41(26-12-6-5-7-13-26)47-43(48-42)28-19-21-31-33-22-23-34-32-15-9-11-17-38(32)49-40(34)39(33)45(3,4)37(31)25-28/h5-25H,1-4H3. The predicted octanol–water partition coefficient (Wildman–Crippen LogP) is 11.4. The Morgan fingerprint density at radius 2 is 0.980 bits per heavy atom. The second kappa shape index (κ2) is 9.83. The molecule has 0 amide bonds. The molecule has 4 nitrogen and oxygen atoms in total. The monoisotopic (exact) mass is 631 g/mol. The number of nitrogens with zero attached hydrogens (tertiary/aromatic N) is 3. The molecule has 2 aromatic heterocycles. The molecule has 0 fully saturated rings. The van der Waals surface area contributed by atoms with Gasteiger partial charge in [-0.3, -0.25) is 0 Å². The molecule has 0 N–H and O–H groups in total. The van der Waals surface area contributed by atoms with Crippen LogP contribution in [0.1, 0.15) is 49.9 Å². The molecule has 0 saturated carbocycles. The molecule has 0 bridgehead atoms. The van der Waals surface area contributed by atoms with Crippen LogP contribution < -0.4 is 0 Å². The average molecular weight is 632 g/mol. The summed E-state index contributed by atoms with van der Waals surface area (Å²) in [5.74, 6) is 2.00. The van der Waals surface area contributed by atoms with E-state index in [4.69, 9.17) is 19.4 Å². The van der Waals surface area contributed by atoms with Crippen LogP contribution in [0.5, 0.6) is 0 Å². The second-order valence-corrected chi connectivity index (χ2v) is 14.5. The number of benzene rings is 6. The minimum atomic E-state index is -0.285. The van der Waals surface area contributed by atoms with Crippen LogP contribution in [0.15, 0.2) is 132 Å². The van der Waals surface area contributed by atoms with Gasteiger partial charge in [0, 0.05) is 43.9 Å². The molecule has 6 aromatic carbocycles. The molecule has 234 valence electrons. The van der Waals surface area contributed by atoms with E-state index in [9.17, 15) is 0 Å². The normalized spacial score (nSPS) is 14.9. The maximum absolute atomic E-state index is 6.54. The van der Waals surface area contributed by atoms with Gasteiger partial charge in [0.25, 0.3) is 0 Å². The highest BCUT2D eigenvalue weighted by Gasteiger charge is 2.39. The molecule has 0 unspecified atom stereocenters. The van der Waals surface area contributed by atoms with Gasteiger partial charge < -0.3 is 4.42 Å². The molecule has 8 aromatic rings. The van der Waals surface area contributed by atoms with Gasteiger partial charge in [-0.1, -0.05) is 131 Å². The number of fused-ring (bicyclic) bond motifs is 10. The van der Waals surface area contributed by atoms with E-state index in [1.165, 1.54) is 44.5 Å². The van der Waals surface area contributed by atoms with E-state index >= 15 is 0 Å². The molecule has 0 aliphatic heterocycles. The number of aromatic nitrogens is 3. The summed E-state index contributed by atoms with van der Waals surface area (Å²) in [7, 11) is 0. The molecule has 0 saturated heterocycles. The topological polar surface area (TPSA) is 51.8 Å². The lowest BCUT2D eigenvalue weighted by Crippen LogP contribution is -2.15. The SMILES string of the molecule is CC1(C)c2ccccc2-c2ccc(-c3nc(-c4ccccc4)nc(-c4ccc5c(c4)C(C)(C)c4c-5ccc5c4oc4ccccc45)n3)cc21. The van der Waals surface area contributed by atoms with Crippen molar-refractivity contribution in [2.45, 2.75) is 38.5 Å². The maximum atomic E-state index is 6.54. The highest BCUT2D eigenvalue weighted by molar-refractivity contribution is 6.09. The number of hydrogen-bond acceptors (Lipinski definition) is 4. The first-order valence-corrected chi connectivity index (χ1v) is 17.0. The molecule has 4 heteroatoms. The fourth-order valence-corrected chi connectivity index (χ4v) is 8.40. The largest absolute Gasteiger partial charge is 0.456 e.